The van der Waals surface area contributed by atoms with Crippen molar-refractivity contribution in [2.24, 2.45) is 0 Å². The first kappa shape index (κ1) is 12.3. The van der Waals surface area contributed by atoms with Crippen LogP contribution >= 0.6 is 0 Å². The largest absolute Gasteiger partial charge is 0.301 e. The number of hydrogen-bond donors (Lipinski definition) is 0. The molecule has 0 heterocycles. The van der Waals surface area contributed by atoms with Gasteiger partial charge in [0.1, 0.15) is 0 Å². The van der Waals surface area contributed by atoms with Crippen molar-refractivity contribution in [1.29, 1.82) is 5.26 Å². The lowest BCUT2D eigenvalue weighted by molar-refractivity contribution is 0.335. The Morgan fingerprint density at radius 1 is 1.38 bits per heavy atom. The molecule has 2 nitrogen and oxygen atoms in total. The van der Waals surface area contributed by atoms with Gasteiger partial charge in [0.2, 0.25) is 0 Å². The van der Waals surface area contributed by atoms with Crippen molar-refractivity contribution in [2.75, 3.05) is 13.6 Å². The van der Waals surface area contributed by atoms with Crippen LogP contribution in [0.1, 0.15) is 24.5 Å². The zero-order valence-corrected chi connectivity index (χ0v) is 9.83. The van der Waals surface area contributed by atoms with Crippen LogP contribution in [0.15, 0.2) is 24.3 Å². The molecule has 0 saturated heterocycles. The fourth-order valence-electron chi connectivity index (χ4n) is 1.50. The molecule has 0 aliphatic rings. The van der Waals surface area contributed by atoms with Gasteiger partial charge in [-0.2, -0.15) is 5.26 Å². The second-order valence-corrected chi connectivity index (χ2v) is 3.73. The highest BCUT2D eigenvalue weighted by Gasteiger charge is 2.00. The molecule has 0 aliphatic heterocycles. The molecular weight excluding hydrogens is 196 g/mol. The van der Waals surface area contributed by atoms with Gasteiger partial charge < -0.3 is 4.90 Å². The van der Waals surface area contributed by atoms with Crippen molar-refractivity contribution in [1.82, 2.24) is 4.90 Å². The molecule has 0 saturated carbocycles. The fourth-order valence-corrected chi connectivity index (χ4v) is 1.50. The third-order valence-corrected chi connectivity index (χ3v) is 2.30. The molecule has 82 valence electrons. The van der Waals surface area contributed by atoms with Gasteiger partial charge in [-0.15, -0.1) is 11.8 Å². The van der Waals surface area contributed by atoms with Gasteiger partial charge in [-0.3, -0.25) is 0 Å². The lowest BCUT2D eigenvalue weighted by atomic mass is 10.1. The Balaban J connectivity index is 2.51. The molecule has 0 unspecified atom stereocenters. The summed E-state index contributed by atoms with van der Waals surface area (Å²) in [5, 5.41) is 8.79. The molecule has 0 bridgehead atoms. The monoisotopic (exact) mass is 212 g/mol. The highest BCUT2D eigenvalue weighted by atomic mass is 15.1. The number of nitriles is 1. The Bertz CT molecular complexity index is 432. The summed E-state index contributed by atoms with van der Waals surface area (Å²) in [5.41, 5.74) is 1.89. The molecule has 0 fully saturated rings. The Hall–Kier alpha value is -1.77. The van der Waals surface area contributed by atoms with Gasteiger partial charge in [-0.1, -0.05) is 12.1 Å². The van der Waals surface area contributed by atoms with Crippen LogP contribution in [0.25, 0.3) is 0 Å². The molecule has 0 atom stereocenters. The van der Waals surface area contributed by atoms with Gasteiger partial charge in [0.25, 0.3) is 0 Å². The normalized spacial score (nSPS) is 9.38. The lowest BCUT2D eigenvalue weighted by Crippen LogP contribution is -2.18. The Morgan fingerprint density at radius 3 is 2.88 bits per heavy atom. The van der Waals surface area contributed by atoms with Crippen LogP contribution in [-0.2, 0) is 6.54 Å². The Morgan fingerprint density at radius 2 is 2.19 bits per heavy atom. The standard InChI is InChI=1S/C14H16N2/c1-3-4-5-9-16(2)12-14-8-6-7-13(10-14)11-15/h6-8,10H,5,9,12H2,1-2H3. The summed E-state index contributed by atoms with van der Waals surface area (Å²) in [5.74, 6) is 5.93. The maximum absolute atomic E-state index is 8.79. The quantitative estimate of drug-likeness (QED) is 0.717. The molecule has 16 heavy (non-hydrogen) atoms. The van der Waals surface area contributed by atoms with Gasteiger partial charge in [0.15, 0.2) is 0 Å². The Labute approximate surface area is 97.5 Å². The van der Waals surface area contributed by atoms with E-state index in [1.54, 1.807) is 0 Å². The van der Waals surface area contributed by atoms with Gasteiger partial charge in [0.05, 0.1) is 11.6 Å². The summed E-state index contributed by atoms with van der Waals surface area (Å²) in [6.45, 7) is 3.68. The van der Waals surface area contributed by atoms with Gasteiger partial charge in [-0.05, 0) is 31.7 Å². The van der Waals surface area contributed by atoms with E-state index in [0.717, 1.165) is 25.1 Å². The minimum Gasteiger partial charge on any atom is -0.301 e. The number of benzene rings is 1. The average molecular weight is 212 g/mol. The Kier molecular flexibility index (Phi) is 5.12. The van der Waals surface area contributed by atoms with Gasteiger partial charge >= 0.3 is 0 Å². The van der Waals surface area contributed by atoms with Gasteiger partial charge in [-0.25, -0.2) is 0 Å². The maximum Gasteiger partial charge on any atom is 0.0991 e. The number of hydrogen-bond acceptors (Lipinski definition) is 2. The van der Waals surface area contributed by atoms with Crippen LogP contribution in [0.4, 0.5) is 0 Å². The summed E-state index contributed by atoms with van der Waals surface area (Å²) < 4.78 is 0. The molecule has 1 rings (SSSR count). The summed E-state index contributed by atoms with van der Waals surface area (Å²) in [7, 11) is 2.07. The molecule has 0 spiro atoms. The fraction of sp³-hybridized carbons (Fsp3) is 0.357. The minimum absolute atomic E-state index is 0.722. The molecule has 1 aromatic carbocycles. The highest BCUT2D eigenvalue weighted by Crippen LogP contribution is 2.06. The SMILES string of the molecule is CC#CCCN(C)Cc1cccc(C#N)c1. The van der Waals surface area contributed by atoms with Crippen molar-refractivity contribution in [3.63, 3.8) is 0 Å². The predicted octanol–water partition coefficient (Wildman–Crippen LogP) is 2.40. The zero-order chi connectivity index (χ0) is 11.8. The third-order valence-electron chi connectivity index (χ3n) is 2.30. The molecule has 2 heteroatoms. The van der Waals surface area contributed by atoms with Crippen LogP contribution in [0, 0.1) is 23.2 Å². The highest BCUT2D eigenvalue weighted by molar-refractivity contribution is 5.32. The smallest absolute Gasteiger partial charge is 0.0991 e. The van der Waals surface area contributed by atoms with Crippen molar-refractivity contribution in [2.45, 2.75) is 19.9 Å². The van der Waals surface area contributed by atoms with Crippen LogP contribution in [0.5, 0.6) is 0 Å². The second-order valence-electron chi connectivity index (χ2n) is 3.73. The third kappa shape index (κ3) is 4.17. The zero-order valence-electron chi connectivity index (χ0n) is 9.83. The van der Waals surface area contributed by atoms with E-state index in [2.05, 4.69) is 29.9 Å². The van der Waals surface area contributed by atoms with Gasteiger partial charge in [0, 0.05) is 19.5 Å². The first-order valence-electron chi connectivity index (χ1n) is 5.33. The minimum atomic E-state index is 0.722. The number of rotatable bonds is 4. The predicted molar refractivity (Wildman–Crippen MR) is 65.6 cm³/mol. The summed E-state index contributed by atoms with van der Waals surface area (Å²) in [6.07, 6.45) is 0.894. The summed E-state index contributed by atoms with van der Waals surface area (Å²) in [6, 6.07) is 9.88. The molecule has 0 radical (unpaired) electrons. The van der Waals surface area contributed by atoms with E-state index in [-0.39, 0.29) is 0 Å². The van der Waals surface area contributed by atoms with E-state index >= 15 is 0 Å². The van der Waals surface area contributed by atoms with Crippen molar-refractivity contribution in [3.05, 3.63) is 35.4 Å². The molecule has 0 aliphatic carbocycles. The van der Waals surface area contributed by atoms with E-state index in [4.69, 9.17) is 5.26 Å². The molecule has 1 aromatic rings. The van der Waals surface area contributed by atoms with E-state index in [1.807, 2.05) is 31.2 Å². The van der Waals surface area contributed by atoms with Crippen LogP contribution in [0.2, 0.25) is 0 Å². The maximum atomic E-state index is 8.79. The average Bonchev–Trinajstić information content (AvgIpc) is 2.29. The van der Waals surface area contributed by atoms with E-state index in [0.29, 0.717) is 0 Å². The lowest BCUT2D eigenvalue weighted by Gasteiger charge is -2.15. The first-order chi connectivity index (χ1) is 7.76. The van der Waals surface area contributed by atoms with E-state index in [9.17, 15) is 0 Å². The van der Waals surface area contributed by atoms with Crippen molar-refractivity contribution in [3.8, 4) is 17.9 Å². The number of nitrogens with zero attached hydrogens (tertiary/aromatic N) is 2. The molecule has 0 N–H and O–H groups in total. The van der Waals surface area contributed by atoms with E-state index in [1.165, 1.54) is 5.56 Å². The molecular formula is C14H16N2. The first-order valence-corrected chi connectivity index (χ1v) is 5.33. The molecule has 0 aromatic heterocycles. The van der Waals surface area contributed by atoms with Crippen LogP contribution in [0.3, 0.4) is 0 Å². The van der Waals surface area contributed by atoms with Crippen LogP contribution in [-0.4, -0.2) is 18.5 Å². The van der Waals surface area contributed by atoms with Crippen molar-refractivity contribution >= 4 is 0 Å². The second kappa shape index (κ2) is 6.67. The van der Waals surface area contributed by atoms with Crippen molar-refractivity contribution < 1.29 is 0 Å². The summed E-state index contributed by atoms with van der Waals surface area (Å²) >= 11 is 0. The topological polar surface area (TPSA) is 27.0 Å². The van der Waals surface area contributed by atoms with Crippen LogP contribution < -0.4 is 0 Å². The molecule has 0 amide bonds. The van der Waals surface area contributed by atoms with E-state index < -0.39 is 0 Å². The summed E-state index contributed by atoms with van der Waals surface area (Å²) in [4.78, 5) is 2.21.